The van der Waals surface area contributed by atoms with Gasteiger partial charge in [0, 0.05) is 20.3 Å². The van der Waals surface area contributed by atoms with Gasteiger partial charge in [-0.05, 0) is 0 Å². The lowest BCUT2D eigenvalue weighted by atomic mass is 9.88. The largest absolute Gasteiger partial charge is 0.477 e. The van der Waals surface area contributed by atoms with Gasteiger partial charge in [0.05, 0.1) is 32.0 Å². The van der Waals surface area contributed by atoms with E-state index >= 15 is 0 Å². The van der Waals surface area contributed by atoms with Crippen LogP contribution in [0.25, 0.3) is 0 Å². The molecule has 218 valence electrons. The van der Waals surface area contributed by atoms with Crippen molar-refractivity contribution in [1.82, 2.24) is 10.6 Å². The second-order valence-electron chi connectivity index (χ2n) is 9.06. The summed E-state index contributed by atoms with van der Waals surface area (Å²) in [6.07, 6.45) is -12.7. The fourth-order valence-electron chi connectivity index (χ4n) is 4.26. The third kappa shape index (κ3) is 7.44. The molecule has 0 aliphatic carbocycles. The van der Waals surface area contributed by atoms with Crippen LogP contribution in [0.1, 0.15) is 20.3 Å². The number of ether oxygens (including phenoxy) is 4. The molecule has 0 saturated carbocycles. The molecule has 0 aromatic carbocycles. The van der Waals surface area contributed by atoms with Gasteiger partial charge in [0.1, 0.15) is 42.7 Å². The highest BCUT2D eigenvalue weighted by atomic mass is 16.7. The van der Waals surface area contributed by atoms with Crippen LogP contribution in [0.5, 0.6) is 0 Å². The Hall–Kier alpha value is -2.25. The molecule has 2 rings (SSSR count). The molecule has 3 unspecified atom stereocenters. The highest BCUT2D eigenvalue weighted by Gasteiger charge is 2.56. The van der Waals surface area contributed by atoms with E-state index in [4.69, 9.17) is 18.9 Å². The van der Waals surface area contributed by atoms with Gasteiger partial charge in [-0.3, -0.25) is 9.59 Å². The molecule has 0 aromatic rings. The molecule has 0 aromatic heterocycles. The number of hydrogen-bond acceptors (Lipinski definition) is 13. The van der Waals surface area contributed by atoms with Crippen molar-refractivity contribution in [3.05, 3.63) is 12.7 Å². The zero-order chi connectivity index (χ0) is 28.8. The molecule has 11 atom stereocenters. The SMILES string of the molecule is C=CCO[C@H]1OC(CO[C@@]2(C(=O)O)C[C@@H](O)[C@@H](NC(C)=O)C([C@H](O)[C@H](O)CO)O2)[C@H](O)[C@H](O)C1NC(C)=O. The zero-order valence-electron chi connectivity index (χ0n) is 20.9. The molecule has 38 heavy (non-hydrogen) atoms. The van der Waals surface area contributed by atoms with E-state index < -0.39 is 104 Å². The maximum Gasteiger partial charge on any atom is 0.364 e. The summed E-state index contributed by atoms with van der Waals surface area (Å²) in [5, 5.41) is 76.1. The summed E-state index contributed by atoms with van der Waals surface area (Å²) in [4.78, 5) is 35.5. The Balaban J connectivity index is 2.30. The molecule has 16 heteroatoms. The fraction of sp³-hybridized carbons (Fsp3) is 0.773. The summed E-state index contributed by atoms with van der Waals surface area (Å²) >= 11 is 0. The minimum absolute atomic E-state index is 0.0667. The lowest BCUT2D eigenvalue weighted by molar-refractivity contribution is -0.330. The van der Waals surface area contributed by atoms with Gasteiger partial charge in [0.15, 0.2) is 6.29 Å². The second kappa shape index (κ2) is 13.7. The highest BCUT2D eigenvalue weighted by molar-refractivity contribution is 5.76. The Labute approximate surface area is 217 Å². The number of aliphatic carboxylic acids is 1. The lowest BCUT2D eigenvalue weighted by Gasteiger charge is -2.47. The fourth-order valence-corrected chi connectivity index (χ4v) is 4.26. The van der Waals surface area contributed by atoms with Crippen molar-refractivity contribution in [2.45, 2.75) is 87.2 Å². The number of rotatable bonds is 12. The van der Waals surface area contributed by atoms with Gasteiger partial charge in [-0.15, -0.1) is 6.58 Å². The predicted octanol–water partition coefficient (Wildman–Crippen LogP) is -4.69. The quantitative estimate of drug-likeness (QED) is 0.103. The van der Waals surface area contributed by atoms with Gasteiger partial charge in [-0.25, -0.2) is 4.79 Å². The topological polar surface area (TPSA) is 254 Å². The molecule has 9 N–H and O–H groups in total. The maximum absolute atomic E-state index is 12.3. The molecular formula is C22H36N2O14. The Kier molecular flexibility index (Phi) is 11.5. The molecule has 2 fully saturated rings. The number of carboxylic acid groups (broad SMARTS) is 1. The van der Waals surface area contributed by atoms with E-state index in [0.29, 0.717) is 0 Å². The summed E-state index contributed by atoms with van der Waals surface area (Å²) < 4.78 is 22.0. The molecule has 0 bridgehead atoms. The number of amides is 2. The molecule has 0 radical (unpaired) electrons. The second-order valence-corrected chi connectivity index (χ2v) is 9.06. The Morgan fingerprint density at radius 1 is 1.11 bits per heavy atom. The zero-order valence-corrected chi connectivity index (χ0v) is 20.9. The molecule has 0 spiro atoms. The van der Waals surface area contributed by atoms with Crippen LogP contribution in [0.4, 0.5) is 0 Å². The van der Waals surface area contributed by atoms with Crippen molar-refractivity contribution in [2.75, 3.05) is 19.8 Å². The third-order valence-electron chi connectivity index (χ3n) is 6.12. The first-order valence-corrected chi connectivity index (χ1v) is 11.8. The van der Waals surface area contributed by atoms with Crippen LogP contribution in [0.15, 0.2) is 12.7 Å². The van der Waals surface area contributed by atoms with Crippen LogP contribution >= 0.6 is 0 Å². The van der Waals surface area contributed by atoms with Gasteiger partial charge in [-0.2, -0.15) is 0 Å². The molecular weight excluding hydrogens is 516 g/mol. The number of carboxylic acids is 1. The van der Waals surface area contributed by atoms with Crippen LogP contribution in [0.3, 0.4) is 0 Å². The minimum Gasteiger partial charge on any atom is -0.477 e. The third-order valence-corrected chi connectivity index (χ3v) is 6.12. The van der Waals surface area contributed by atoms with E-state index in [1.54, 1.807) is 0 Å². The Bertz CT molecular complexity index is 845. The standard InChI is InChI=1S/C22H36N2O14/c1-4-5-35-20-15(24-10(3)27)18(32)17(31)13(37-20)8-36-22(21(33)34)6-11(28)14(23-9(2)26)19(38-22)16(30)12(29)7-25/h4,11-20,25,28-32H,1,5-8H2,2-3H3,(H,23,26)(H,24,27)(H,33,34)/t11-,12-,13?,14-,15?,16-,17+,18-,19?,20+,22+/m1/s1. The monoisotopic (exact) mass is 552 g/mol. The van der Waals surface area contributed by atoms with Crippen LogP contribution < -0.4 is 10.6 Å². The highest BCUT2D eigenvalue weighted by Crippen LogP contribution is 2.34. The van der Waals surface area contributed by atoms with Crippen LogP contribution in [-0.2, 0) is 33.3 Å². The van der Waals surface area contributed by atoms with Crippen molar-refractivity contribution >= 4 is 17.8 Å². The molecule has 2 aliphatic heterocycles. The van der Waals surface area contributed by atoms with Crippen LogP contribution in [0, 0.1) is 0 Å². The van der Waals surface area contributed by atoms with Crippen molar-refractivity contribution < 1.29 is 69.1 Å². The van der Waals surface area contributed by atoms with E-state index in [0.717, 1.165) is 6.92 Å². The van der Waals surface area contributed by atoms with E-state index in [1.165, 1.54) is 13.0 Å². The van der Waals surface area contributed by atoms with Crippen molar-refractivity contribution in [3.63, 3.8) is 0 Å². The molecule has 2 amide bonds. The molecule has 2 saturated heterocycles. The number of carbonyl (C=O) groups is 3. The number of nitrogens with one attached hydrogen (secondary N) is 2. The average Bonchev–Trinajstić information content (AvgIpc) is 2.85. The molecule has 2 aliphatic rings. The summed E-state index contributed by atoms with van der Waals surface area (Å²) in [6, 6.07) is -2.59. The lowest BCUT2D eigenvalue weighted by Crippen LogP contribution is -2.69. The van der Waals surface area contributed by atoms with Gasteiger partial charge >= 0.3 is 5.97 Å². The predicted molar refractivity (Wildman–Crippen MR) is 123 cm³/mol. The van der Waals surface area contributed by atoms with Crippen LogP contribution in [0.2, 0.25) is 0 Å². The number of aliphatic hydroxyl groups excluding tert-OH is 6. The van der Waals surface area contributed by atoms with E-state index in [9.17, 15) is 50.1 Å². The molecule has 2 heterocycles. The first kappa shape index (κ1) is 32.0. The van der Waals surface area contributed by atoms with Gasteiger partial charge in [0.25, 0.3) is 5.79 Å². The summed E-state index contributed by atoms with van der Waals surface area (Å²) in [6.45, 7) is 3.99. The maximum atomic E-state index is 12.3. The van der Waals surface area contributed by atoms with Gasteiger partial charge in [-0.1, -0.05) is 6.08 Å². The first-order chi connectivity index (χ1) is 17.8. The van der Waals surface area contributed by atoms with Gasteiger partial charge < -0.3 is 65.3 Å². The summed E-state index contributed by atoms with van der Waals surface area (Å²) in [5.74, 6) is -5.67. The number of hydrogen-bond donors (Lipinski definition) is 9. The van der Waals surface area contributed by atoms with Crippen molar-refractivity contribution in [2.24, 2.45) is 0 Å². The van der Waals surface area contributed by atoms with E-state index in [2.05, 4.69) is 17.2 Å². The molecule has 16 nitrogen and oxygen atoms in total. The minimum atomic E-state index is -2.69. The van der Waals surface area contributed by atoms with Crippen LogP contribution in [-0.4, -0.2) is 140 Å². The first-order valence-electron chi connectivity index (χ1n) is 11.8. The Morgan fingerprint density at radius 2 is 1.71 bits per heavy atom. The normalized spacial score (nSPS) is 37.1. The summed E-state index contributed by atoms with van der Waals surface area (Å²) in [7, 11) is 0. The number of aliphatic hydroxyl groups is 6. The van der Waals surface area contributed by atoms with Crippen molar-refractivity contribution in [3.8, 4) is 0 Å². The average molecular weight is 553 g/mol. The van der Waals surface area contributed by atoms with Crippen molar-refractivity contribution in [1.29, 1.82) is 0 Å². The van der Waals surface area contributed by atoms with E-state index in [-0.39, 0.29) is 6.61 Å². The number of carbonyl (C=O) groups excluding carboxylic acids is 2. The Morgan fingerprint density at radius 3 is 2.24 bits per heavy atom. The van der Waals surface area contributed by atoms with Gasteiger partial charge in [0.2, 0.25) is 11.8 Å². The van der Waals surface area contributed by atoms with E-state index in [1.807, 2.05) is 0 Å². The smallest absolute Gasteiger partial charge is 0.364 e. The summed E-state index contributed by atoms with van der Waals surface area (Å²) in [5.41, 5.74) is 0.